The molecule has 0 fully saturated rings. The Morgan fingerprint density at radius 2 is 2.07 bits per heavy atom. The summed E-state index contributed by atoms with van der Waals surface area (Å²) in [5.41, 5.74) is 3.28. The maximum atomic E-state index is 10.1. The molecule has 1 heterocycles. The van der Waals surface area contributed by atoms with E-state index in [0.29, 0.717) is 0 Å². The van der Waals surface area contributed by atoms with E-state index < -0.39 is 6.10 Å². The second-order valence-corrected chi connectivity index (χ2v) is 4.39. The van der Waals surface area contributed by atoms with Crippen molar-refractivity contribution in [2.24, 2.45) is 0 Å². The first-order chi connectivity index (χ1) is 7.13. The maximum Gasteiger partial charge on any atom is 0.129 e. The summed E-state index contributed by atoms with van der Waals surface area (Å²) in [7, 11) is 0. The van der Waals surface area contributed by atoms with Gasteiger partial charge in [-0.25, -0.2) is 0 Å². The highest BCUT2D eigenvalue weighted by Gasteiger charge is 2.33. The topological polar surface area (TPSA) is 29.5 Å². The lowest BCUT2D eigenvalue weighted by Gasteiger charge is -2.12. The summed E-state index contributed by atoms with van der Waals surface area (Å²) in [6, 6.07) is 4.13. The highest BCUT2D eigenvalue weighted by Crippen LogP contribution is 2.41. The molecule has 0 aromatic heterocycles. The average molecular weight is 206 g/mol. The van der Waals surface area contributed by atoms with Gasteiger partial charge in [0.25, 0.3) is 0 Å². The fourth-order valence-electron chi connectivity index (χ4n) is 2.29. The Morgan fingerprint density at radius 1 is 1.33 bits per heavy atom. The Kier molecular flexibility index (Phi) is 2.70. The van der Waals surface area contributed by atoms with Crippen molar-refractivity contribution in [3.8, 4) is 5.75 Å². The highest BCUT2D eigenvalue weighted by atomic mass is 16.5. The molecule has 82 valence electrons. The van der Waals surface area contributed by atoms with Crippen LogP contribution >= 0.6 is 0 Å². The Labute approximate surface area is 90.9 Å². The molecule has 2 rings (SSSR count). The molecule has 1 aliphatic rings. The number of aryl methyl sites for hydroxylation is 2. The Morgan fingerprint density at radius 3 is 2.73 bits per heavy atom. The van der Waals surface area contributed by atoms with Crippen LogP contribution in [-0.4, -0.2) is 11.2 Å². The van der Waals surface area contributed by atoms with Gasteiger partial charge in [0.05, 0.1) is 0 Å². The van der Waals surface area contributed by atoms with Crippen LogP contribution in [0.5, 0.6) is 5.75 Å². The molecule has 1 aliphatic heterocycles. The standard InChI is InChI=1S/C13H18O2/c1-4-5-11-12(14)10-7-8(2)6-9(3)13(10)15-11/h6-7,11-12,14H,4-5H2,1-3H3. The van der Waals surface area contributed by atoms with Crippen molar-refractivity contribution in [3.05, 3.63) is 28.8 Å². The van der Waals surface area contributed by atoms with Crippen LogP contribution < -0.4 is 4.74 Å². The van der Waals surface area contributed by atoms with Crippen LogP contribution in [0.1, 0.15) is 42.6 Å². The van der Waals surface area contributed by atoms with Crippen molar-refractivity contribution in [2.75, 3.05) is 0 Å². The molecule has 0 saturated carbocycles. The van der Waals surface area contributed by atoms with Crippen molar-refractivity contribution in [2.45, 2.75) is 45.8 Å². The molecule has 1 aromatic carbocycles. The first-order valence-corrected chi connectivity index (χ1v) is 5.59. The summed E-state index contributed by atoms with van der Waals surface area (Å²) in [5, 5.41) is 10.1. The Bertz CT molecular complexity index is 371. The Balaban J connectivity index is 2.36. The molecule has 0 saturated heterocycles. The lowest BCUT2D eigenvalue weighted by molar-refractivity contribution is 0.0614. The van der Waals surface area contributed by atoms with Gasteiger partial charge >= 0.3 is 0 Å². The van der Waals surface area contributed by atoms with Crippen LogP contribution in [-0.2, 0) is 0 Å². The third-order valence-corrected chi connectivity index (χ3v) is 2.96. The first kappa shape index (κ1) is 10.5. The van der Waals surface area contributed by atoms with Crippen LogP contribution in [0.3, 0.4) is 0 Å². The fraction of sp³-hybridized carbons (Fsp3) is 0.538. The molecule has 0 aliphatic carbocycles. The first-order valence-electron chi connectivity index (χ1n) is 5.59. The third kappa shape index (κ3) is 1.74. The normalized spacial score (nSPS) is 23.7. The minimum atomic E-state index is -0.446. The summed E-state index contributed by atoms with van der Waals surface area (Å²) >= 11 is 0. The highest BCUT2D eigenvalue weighted by molar-refractivity contribution is 5.48. The van der Waals surface area contributed by atoms with Crippen LogP contribution in [0.25, 0.3) is 0 Å². The number of aliphatic hydroxyl groups excluding tert-OH is 1. The number of rotatable bonds is 2. The van der Waals surface area contributed by atoms with E-state index in [2.05, 4.69) is 13.0 Å². The number of aliphatic hydroxyl groups is 1. The van der Waals surface area contributed by atoms with E-state index in [0.717, 1.165) is 29.7 Å². The van der Waals surface area contributed by atoms with Gasteiger partial charge in [-0.2, -0.15) is 0 Å². The molecule has 0 amide bonds. The van der Waals surface area contributed by atoms with Crippen LogP contribution in [0, 0.1) is 13.8 Å². The molecule has 2 unspecified atom stereocenters. The minimum absolute atomic E-state index is 0.0505. The molecule has 2 heteroatoms. The third-order valence-electron chi connectivity index (χ3n) is 2.96. The van der Waals surface area contributed by atoms with E-state index in [1.54, 1.807) is 0 Å². The van der Waals surface area contributed by atoms with Gasteiger partial charge in [-0.05, 0) is 31.9 Å². The number of benzene rings is 1. The molecular weight excluding hydrogens is 188 g/mol. The molecule has 15 heavy (non-hydrogen) atoms. The second-order valence-electron chi connectivity index (χ2n) is 4.39. The van der Waals surface area contributed by atoms with Crippen molar-refractivity contribution < 1.29 is 9.84 Å². The van der Waals surface area contributed by atoms with Gasteiger partial charge in [0.1, 0.15) is 18.0 Å². The smallest absolute Gasteiger partial charge is 0.129 e. The van der Waals surface area contributed by atoms with Crippen molar-refractivity contribution in [1.29, 1.82) is 0 Å². The molecule has 0 radical (unpaired) electrons. The minimum Gasteiger partial charge on any atom is -0.487 e. The molecule has 1 N–H and O–H groups in total. The van der Waals surface area contributed by atoms with E-state index in [-0.39, 0.29) is 6.10 Å². The molecule has 0 spiro atoms. The van der Waals surface area contributed by atoms with Crippen LogP contribution in [0.2, 0.25) is 0 Å². The van der Waals surface area contributed by atoms with E-state index in [1.165, 1.54) is 5.56 Å². The lowest BCUT2D eigenvalue weighted by atomic mass is 10.00. The monoisotopic (exact) mass is 206 g/mol. The van der Waals surface area contributed by atoms with Gasteiger partial charge in [0, 0.05) is 5.56 Å². The van der Waals surface area contributed by atoms with Crippen molar-refractivity contribution in [3.63, 3.8) is 0 Å². The number of hydrogen-bond donors (Lipinski definition) is 1. The number of fused-ring (bicyclic) bond motifs is 1. The van der Waals surface area contributed by atoms with E-state index in [1.807, 2.05) is 19.9 Å². The summed E-state index contributed by atoms with van der Waals surface area (Å²) in [4.78, 5) is 0. The van der Waals surface area contributed by atoms with E-state index in [4.69, 9.17) is 4.74 Å². The predicted octanol–water partition coefficient (Wildman–Crippen LogP) is 2.90. The zero-order chi connectivity index (χ0) is 11.0. The second kappa shape index (κ2) is 3.86. The van der Waals surface area contributed by atoms with Gasteiger partial charge < -0.3 is 9.84 Å². The Hall–Kier alpha value is -1.02. The fourth-order valence-corrected chi connectivity index (χ4v) is 2.29. The average Bonchev–Trinajstić information content (AvgIpc) is 2.47. The molecule has 0 bridgehead atoms. The summed E-state index contributed by atoms with van der Waals surface area (Å²) < 4.78 is 5.80. The van der Waals surface area contributed by atoms with Gasteiger partial charge in [-0.1, -0.05) is 25.0 Å². The van der Waals surface area contributed by atoms with Gasteiger partial charge in [-0.3, -0.25) is 0 Å². The van der Waals surface area contributed by atoms with Gasteiger partial charge in [0.2, 0.25) is 0 Å². The zero-order valence-electron chi connectivity index (χ0n) is 9.58. The van der Waals surface area contributed by atoms with Crippen LogP contribution in [0.15, 0.2) is 12.1 Å². The number of hydrogen-bond acceptors (Lipinski definition) is 2. The van der Waals surface area contributed by atoms with Gasteiger partial charge in [-0.15, -0.1) is 0 Å². The molecular formula is C13H18O2. The van der Waals surface area contributed by atoms with Crippen molar-refractivity contribution >= 4 is 0 Å². The summed E-state index contributed by atoms with van der Waals surface area (Å²) in [6.07, 6.45) is 1.45. The van der Waals surface area contributed by atoms with Gasteiger partial charge in [0.15, 0.2) is 0 Å². The zero-order valence-corrected chi connectivity index (χ0v) is 9.58. The van der Waals surface area contributed by atoms with Crippen molar-refractivity contribution in [1.82, 2.24) is 0 Å². The quantitative estimate of drug-likeness (QED) is 0.806. The summed E-state index contributed by atoms with van der Waals surface area (Å²) in [5.74, 6) is 0.895. The molecule has 1 aromatic rings. The molecule has 2 atom stereocenters. The SMILES string of the molecule is CCCC1Oc2c(C)cc(C)cc2C1O. The molecule has 2 nitrogen and oxygen atoms in total. The lowest BCUT2D eigenvalue weighted by Crippen LogP contribution is -2.17. The van der Waals surface area contributed by atoms with E-state index in [9.17, 15) is 5.11 Å². The largest absolute Gasteiger partial charge is 0.487 e. The predicted molar refractivity (Wildman–Crippen MR) is 60.2 cm³/mol. The van der Waals surface area contributed by atoms with Crippen LogP contribution in [0.4, 0.5) is 0 Å². The number of ether oxygens (including phenoxy) is 1. The van der Waals surface area contributed by atoms with E-state index >= 15 is 0 Å². The summed E-state index contributed by atoms with van der Waals surface area (Å²) in [6.45, 7) is 6.19. The maximum absolute atomic E-state index is 10.1.